The van der Waals surface area contributed by atoms with Gasteiger partial charge in [0.2, 0.25) is 5.91 Å². The molecule has 0 bridgehead atoms. The Morgan fingerprint density at radius 3 is 2.58 bits per heavy atom. The molecule has 1 aromatic carbocycles. The van der Waals surface area contributed by atoms with Gasteiger partial charge in [-0.3, -0.25) is 14.2 Å². The first-order valence-electron chi connectivity index (χ1n) is 9.61. The molecule has 0 saturated heterocycles. The van der Waals surface area contributed by atoms with E-state index in [0.29, 0.717) is 35.6 Å². The number of benzene rings is 1. The van der Waals surface area contributed by atoms with E-state index in [-0.39, 0.29) is 17.5 Å². The molecule has 1 atom stereocenters. The third-order valence-corrected chi connectivity index (χ3v) is 4.87. The van der Waals surface area contributed by atoms with Crippen molar-refractivity contribution in [3.63, 3.8) is 0 Å². The van der Waals surface area contributed by atoms with Crippen LogP contribution in [-0.2, 0) is 11.8 Å². The zero-order valence-corrected chi connectivity index (χ0v) is 16.7. The number of nitrogens with zero attached hydrogens (tertiary/aromatic N) is 3. The van der Waals surface area contributed by atoms with Crippen LogP contribution in [0.25, 0.3) is 10.9 Å². The first kappa shape index (κ1) is 20.1. The maximum Gasteiger partial charge on any atom is 0.261 e. The molecular weight excluding hydrogens is 326 g/mol. The van der Waals surface area contributed by atoms with E-state index in [1.165, 1.54) is 0 Å². The van der Waals surface area contributed by atoms with Crippen molar-refractivity contribution in [3.8, 4) is 0 Å². The number of unbranched alkanes of at least 4 members (excludes halogenated alkanes) is 1. The van der Waals surface area contributed by atoms with Crippen molar-refractivity contribution < 1.29 is 4.79 Å². The number of hydrogen-bond donors (Lipinski definition) is 0. The Labute approximate surface area is 156 Å². The molecule has 1 unspecified atom stereocenters. The number of hydrogen-bond acceptors (Lipinski definition) is 3. The quantitative estimate of drug-likeness (QED) is 0.716. The summed E-state index contributed by atoms with van der Waals surface area (Å²) < 4.78 is 1.59. The molecule has 0 aliphatic heterocycles. The van der Waals surface area contributed by atoms with Gasteiger partial charge in [0, 0.05) is 20.0 Å². The number of carbonyl (C=O) groups excluding carboxylic acids is 1. The Hall–Kier alpha value is -2.17. The molecule has 2 aromatic rings. The molecule has 2 rings (SSSR count). The van der Waals surface area contributed by atoms with Crippen LogP contribution in [0, 0.1) is 5.92 Å². The van der Waals surface area contributed by atoms with Crippen molar-refractivity contribution in [2.24, 2.45) is 13.0 Å². The average molecular weight is 357 g/mol. The van der Waals surface area contributed by atoms with E-state index in [4.69, 9.17) is 4.98 Å². The average Bonchev–Trinajstić information content (AvgIpc) is 2.62. The zero-order chi connectivity index (χ0) is 19.3. The van der Waals surface area contributed by atoms with Gasteiger partial charge in [-0.25, -0.2) is 4.98 Å². The lowest BCUT2D eigenvalue weighted by Gasteiger charge is -2.30. The fourth-order valence-electron chi connectivity index (χ4n) is 3.15. The molecule has 5 heteroatoms. The summed E-state index contributed by atoms with van der Waals surface area (Å²) >= 11 is 0. The fourth-order valence-corrected chi connectivity index (χ4v) is 3.15. The molecule has 0 fully saturated rings. The summed E-state index contributed by atoms with van der Waals surface area (Å²) in [5.74, 6) is 1.29. The van der Waals surface area contributed by atoms with Gasteiger partial charge in [-0.05, 0) is 37.8 Å². The predicted octanol–water partition coefficient (Wildman–Crippen LogP) is 4.06. The van der Waals surface area contributed by atoms with E-state index in [0.717, 1.165) is 19.3 Å². The molecular formula is C21H31N3O2. The fraction of sp³-hybridized carbons (Fsp3) is 0.571. The number of aromatic nitrogens is 2. The zero-order valence-electron chi connectivity index (χ0n) is 16.7. The van der Waals surface area contributed by atoms with Gasteiger partial charge >= 0.3 is 0 Å². The van der Waals surface area contributed by atoms with Gasteiger partial charge < -0.3 is 4.90 Å². The summed E-state index contributed by atoms with van der Waals surface area (Å²) in [6.45, 7) is 9.06. The van der Waals surface area contributed by atoms with Gasteiger partial charge in [0.1, 0.15) is 5.82 Å². The second-order valence-corrected chi connectivity index (χ2v) is 7.40. The Balaban J connectivity index is 2.41. The lowest BCUT2D eigenvalue weighted by molar-refractivity contribution is -0.133. The molecule has 5 nitrogen and oxygen atoms in total. The van der Waals surface area contributed by atoms with Gasteiger partial charge in [-0.2, -0.15) is 0 Å². The molecule has 0 saturated carbocycles. The van der Waals surface area contributed by atoms with Crippen LogP contribution in [0.15, 0.2) is 29.1 Å². The largest absolute Gasteiger partial charge is 0.333 e. The van der Waals surface area contributed by atoms with Crippen LogP contribution in [0.3, 0.4) is 0 Å². The normalized spacial score (nSPS) is 12.5. The topological polar surface area (TPSA) is 55.2 Å². The number of carbonyl (C=O) groups is 1. The summed E-state index contributed by atoms with van der Waals surface area (Å²) in [5, 5.41) is 0.608. The van der Waals surface area contributed by atoms with Crippen LogP contribution in [-0.4, -0.2) is 26.9 Å². The van der Waals surface area contributed by atoms with E-state index in [1.807, 2.05) is 30.0 Å². The second-order valence-electron chi connectivity index (χ2n) is 7.40. The van der Waals surface area contributed by atoms with Crippen LogP contribution < -0.4 is 5.56 Å². The Morgan fingerprint density at radius 1 is 1.23 bits per heavy atom. The summed E-state index contributed by atoms with van der Waals surface area (Å²) in [4.78, 5) is 32.1. The minimum atomic E-state index is -0.236. The van der Waals surface area contributed by atoms with Crippen LogP contribution in [0.5, 0.6) is 0 Å². The molecule has 0 spiro atoms. The predicted molar refractivity (Wildman–Crippen MR) is 106 cm³/mol. The number of amides is 1. The van der Waals surface area contributed by atoms with Crippen LogP contribution in [0.2, 0.25) is 0 Å². The van der Waals surface area contributed by atoms with Gasteiger partial charge in [-0.1, -0.05) is 39.3 Å². The molecule has 1 aromatic heterocycles. The van der Waals surface area contributed by atoms with Crippen LogP contribution in [0.4, 0.5) is 0 Å². The Bertz CT molecular complexity index is 810. The lowest BCUT2D eigenvalue weighted by atomic mass is 10.1. The van der Waals surface area contributed by atoms with E-state index in [2.05, 4.69) is 20.8 Å². The highest BCUT2D eigenvalue weighted by Gasteiger charge is 2.25. The minimum Gasteiger partial charge on any atom is -0.333 e. The monoisotopic (exact) mass is 357 g/mol. The third-order valence-electron chi connectivity index (χ3n) is 4.87. The highest BCUT2D eigenvalue weighted by Crippen LogP contribution is 2.22. The maximum absolute atomic E-state index is 12.8. The lowest BCUT2D eigenvalue weighted by Crippen LogP contribution is -2.38. The van der Waals surface area contributed by atoms with Crippen molar-refractivity contribution in [3.05, 3.63) is 40.4 Å². The summed E-state index contributed by atoms with van der Waals surface area (Å²) in [5.41, 5.74) is 0.615. The molecule has 0 radical (unpaired) electrons. The van der Waals surface area contributed by atoms with Crippen LogP contribution in [0.1, 0.15) is 65.2 Å². The smallest absolute Gasteiger partial charge is 0.261 e. The standard InChI is InChI=1S/C21H31N3O2/c1-6-7-12-19(25)24(14-13-15(2)3)16(4)20-22-18-11-9-8-10-17(18)21(26)23(20)5/h8-11,15-16H,6-7,12-14H2,1-5H3. The first-order chi connectivity index (χ1) is 12.4. The molecule has 1 amide bonds. The van der Waals surface area contributed by atoms with Crippen molar-refractivity contribution in [2.75, 3.05) is 6.54 Å². The summed E-state index contributed by atoms with van der Waals surface area (Å²) in [7, 11) is 1.74. The van der Waals surface area contributed by atoms with Crippen LogP contribution >= 0.6 is 0 Å². The van der Waals surface area contributed by atoms with Crippen molar-refractivity contribution in [1.29, 1.82) is 0 Å². The molecule has 26 heavy (non-hydrogen) atoms. The molecule has 0 N–H and O–H groups in total. The van der Waals surface area contributed by atoms with E-state index in [1.54, 1.807) is 17.7 Å². The van der Waals surface area contributed by atoms with Crippen molar-refractivity contribution >= 4 is 16.8 Å². The maximum atomic E-state index is 12.8. The SMILES string of the molecule is CCCCC(=O)N(CCC(C)C)C(C)c1nc2ccccc2c(=O)n1C. The highest BCUT2D eigenvalue weighted by atomic mass is 16.2. The Morgan fingerprint density at radius 2 is 1.92 bits per heavy atom. The van der Waals surface area contributed by atoms with E-state index in [9.17, 15) is 9.59 Å². The van der Waals surface area contributed by atoms with Gasteiger partial charge in [0.05, 0.1) is 16.9 Å². The third kappa shape index (κ3) is 4.51. The molecule has 0 aliphatic carbocycles. The molecule has 0 aliphatic rings. The molecule has 1 heterocycles. The number of para-hydroxylation sites is 1. The van der Waals surface area contributed by atoms with E-state index < -0.39 is 0 Å². The second kappa shape index (κ2) is 8.97. The van der Waals surface area contributed by atoms with Gasteiger partial charge in [-0.15, -0.1) is 0 Å². The number of fused-ring (bicyclic) bond motifs is 1. The van der Waals surface area contributed by atoms with Crippen molar-refractivity contribution in [1.82, 2.24) is 14.5 Å². The number of rotatable bonds is 8. The minimum absolute atomic E-state index is 0.0673. The molecule has 142 valence electrons. The highest BCUT2D eigenvalue weighted by molar-refractivity contribution is 5.78. The Kier molecular flexibility index (Phi) is 6.95. The van der Waals surface area contributed by atoms with Crippen molar-refractivity contribution in [2.45, 2.75) is 59.4 Å². The first-order valence-corrected chi connectivity index (χ1v) is 9.61. The summed E-state index contributed by atoms with van der Waals surface area (Å²) in [6, 6.07) is 7.14. The van der Waals surface area contributed by atoms with Gasteiger partial charge in [0.25, 0.3) is 5.56 Å². The van der Waals surface area contributed by atoms with Gasteiger partial charge in [0.15, 0.2) is 0 Å². The van der Waals surface area contributed by atoms with E-state index >= 15 is 0 Å². The summed E-state index contributed by atoms with van der Waals surface area (Å²) in [6.07, 6.45) is 3.35.